The highest BCUT2D eigenvalue weighted by Gasteiger charge is 2.16. The van der Waals surface area contributed by atoms with Crippen LogP contribution in [0.15, 0.2) is 42.6 Å². The van der Waals surface area contributed by atoms with Gasteiger partial charge in [0, 0.05) is 22.7 Å². The summed E-state index contributed by atoms with van der Waals surface area (Å²) < 4.78 is 14.6. The van der Waals surface area contributed by atoms with E-state index in [0.717, 1.165) is 29.5 Å². The Morgan fingerprint density at radius 1 is 1.13 bits per heavy atom. The number of pyridine rings is 2. The fourth-order valence-corrected chi connectivity index (χ4v) is 2.74. The van der Waals surface area contributed by atoms with Gasteiger partial charge in [-0.2, -0.15) is 0 Å². The zero-order chi connectivity index (χ0) is 16.4. The van der Waals surface area contributed by atoms with Crippen molar-refractivity contribution in [1.29, 1.82) is 0 Å². The lowest BCUT2D eigenvalue weighted by Gasteiger charge is -2.13. The molecule has 0 atom stereocenters. The van der Waals surface area contributed by atoms with E-state index in [1.807, 2.05) is 18.2 Å². The fraction of sp³-hybridized carbons (Fsp3) is 0.263. The van der Waals surface area contributed by atoms with Gasteiger partial charge < -0.3 is 5.73 Å². The van der Waals surface area contributed by atoms with Crippen molar-refractivity contribution in [2.75, 3.05) is 5.73 Å². The Kier molecular flexibility index (Phi) is 4.24. The zero-order valence-corrected chi connectivity index (χ0v) is 13.4. The van der Waals surface area contributed by atoms with E-state index in [2.05, 4.69) is 23.8 Å². The number of fused-ring (bicyclic) bond motifs is 1. The van der Waals surface area contributed by atoms with Gasteiger partial charge in [0.1, 0.15) is 11.6 Å². The lowest BCUT2D eigenvalue weighted by Crippen LogP contribution is -2.02. The first kappa shape index (κ1) is 15.4. The molecule has 23 heavy (non-hydrogen) atoms. The largest absolute Gasteiger partial charge is 0.384 e. The van der Waals surface area contributed by atoms with Crippen LogP contribution in [0.25, 0.3) is 22.0 Å². The lowest BCUT2D eigenvalue weighted by molar-refractivity contribution is 0.582. The van der Waals surface area contributed by atoms with E-state index in [9.17, 15) is 4.39 Å². The maximum absolute atomic E-state index is 14.6. The molecule has 4 heteroatoms. The molecule has 2 N–H and O–H groups in total. The van der Waals surface area contributed by atoms with Gasteiger partial charge in [0.25, 0.3) is 0 Å². The van der Waals surface area contributed by atoms with Crippen LogP contribution in [-0.2, 0) is 6.42 Å². The molecule has 0 spiro atoms. The topological polar surface area (TPSA) is 51.8 Å². The number of hydrogen-bond donors (Lipinski definition) is 1. The molecule has 0 saturated heterocycles. The average Bonchev–Trinajstić information content (AvgIpc) is 2.53. The minimum atomic E-state index is -0.284. The molecule has 3 nitrogen and oxygen atoms in total. The van der Waals surface area contributed by atoms with Gasteiger partial charge in [0.05, 0.1) is 11.2 Å². The van der Waals surface area contributed by atoms with E-state index in [4.69, 9.17) is 5.73 Å². The minimum Gasteiger partial charge on any atom is -0.384 e. The van der Waals surface area contributed by atoms with Gasteiger partial charge in [0.2, 0.25) is 0 Å². The molecular weight excluding hydrogens is 289 g/mol. The van der Waals surface area contributed by atoms with E-state index in [0.29, 0.717) is 22.8 Å². The Morgan fingerprint density at radius 2 is 1.96 bits per heavy atom. The van der Waals surface area contributed by atoms with Crippen molar-refractivity contribution in [1.82, 2.24) is 9.97 Å². The molecule has 3 rings (SSSR count). The van der Waals surface area contributed by atoms with Crippen molar-refractivity contribution in [3.05, 3.63) is 54.1 Å². The normalized spacial score (nSPS) is 11.3. The first-order valence-electron chi connectivity index (χ1n) is 7.85. The summed E-state index contributed by atoms with van der Waals surface area (Å²) in [4.78, 5) is 8.83. The van der Waals surface area contributed by atoms with Crippen LogP contribution in [0.3, 0.4) is 0 Å². The molecular formula is C19H20FN3. The van der Waals surface area contributed by atoms with Gasteiger partial charge in [-0.05, 0) is 49.1 Å². The number of anilines is 1. The Labute approximate surface area is 135 Å². The molecule has 0 unspecified atom stereocenters. The highest BCUT2D eigenvalue weighted by Crippen LogP contribution is 2.33. The Morgan fingerprint density at radius 3 is 2.74 bits per heavy atom. The molecule has 1 aromatic carbocycles. The molecule has 118 valence electrons. The molecule has 0 aliphatic rings. The molecule has 0 saturated carbocycles. The Bertz CT molecular complexity index is 843. The number of halogens is 1. The molecule has 0 aliphatic heterocycles. The highest BCUT2D eigenvalue weighted by atomic mass is 19.1. The van der Waals surface area contributed by atoms with Gasteiger partial charge in [-0.25, -0.2) is 9.37 Å². The van der Waals surface area contributed by atoms with Gasteiger partial charge in [0.15, 0.2) is 0 Å². The average molecular weight is 309 g/mol. The maximum Gasteiger partial charge on any atom is 0.133 e. The summed E-state index contributed by atoms with van der Waals surface area (Å²) in [6, 6.07) is 10.6. The van der Waals surface area contributed by atoms with Gasteiger partial charge >= 0.3 is 0 Å². The summed E-state index contributed by atoms with van der Waals surface area (Å²) in [7, 11) is 0. The quantitative estimate of drug-likeness (QED) is 0.766. The van der Waals surface area contributed by atoms with Crippen molar-refractivity contribution in [2.24, 2.45) is 5.92 Å². The van der Waals surface area contributed by atoms with Crippen molar-refractivity contribution < 1.29 is 4.39 Å². The first-order chi connectivity index (χ1) is 11.1. The monoisotopic (exact) mass is 309 g/mol. The first-order valence-corrected chi connectivity index (χ1v) is 7.85. The van der Waals surface area contributed by atoms with Crippen LogP contribution < -0.4 is 5.73 Å². The molecule has 0 aliphatic carbocycles. The zero-order valence-electron chi connectivity index (χ0n) is 13.4. The van der Waals surface area contributed by atoms with Crippen molar-refractivity contribution in [3.63, 3.8) is 0 Å². The number of rotatable bonds is 4. The van der Waals surface area contributed by atoms with Crippen LogP contribution in [0.2, 0.25) is 0 Å². The van der Waals surface area contributed by atoms with Gasteiger partial charge in [-0.15, -0.1) is 0 Å². The van der Waals surface area contributed by atoms with Gasteiger partial charge in [-0.3, -0.25) is 4.98 Å². The van der Waals surface area contributed by atoms with E-state index in [1.54, 1.807) is 18.3 Å². The Hall–Kier alpha value is -2.49. The third-order valence-electron chi connectivity index (χ3n) is 3.95. The summed E-state index contributed by atoms with van der Waals surface area (Å²) in [5.74, 6) is 0.719. The second-order valence-corrected chi connectivity index (χ2v) is 6.16. The molecule has 0 radical (unpaired) electrons. The predicted octanol–water partition coefficient (Wildman–Crippen LogP) is 4.61. The van der Waals surface area contributed by atoms with Crippen molar-refractivity contribution >= 4 is 16.7 Å². The van der Waals surface area contributed by atoms with Crippen LogP contribution in [0, 0.1) is 11.7 Å². The smallest absolute Gasteiger partial charge is 0.133 e. The number of nitrogens with two attached hydrogens (primary N) is 1. The van der Waals surface area contributed by atoms with Gasteiger partial charge in [-0.1, -0.05) is 19.9 Å². The summed E-state index contributed by atoms with van der Waals surface area (Å²) in [6.07, 6.45) is 3.42. The third-order valence-corrected chi connectivity index (χ3v) is 3.95. The fourth-order valence-electron chi connectivity index (χ4n) is 2.74. The SMILES string of the molecule is CC(C)CCc1nc(N)ccc1-c1c(F)ccc2cccnc12. The predicted molar refractivity (Wildman–Crippen MR) is 92.5 cm³/mol. The summed E-state index contributed by atoms with van der Waals surface area (Å²) in [5, 5.41) is 0.913. The number of nitrogen functional groups attached to an aromatic ring is 1. The van der Waals surface area contributed by atoms with E-state index >= 15 is 0 Å². The maximum atomic E-state index is 14.6. The standard InChI is InChI=1S/C19H20FN3/c1-12(2)5-9-16-14(7-10-17(21)23-16)18-15(20)8-6-13-4-3-11-22-19(13)18/h3-4,6-8,10-12H,5,9H2,1-2H3,(H2,21,23). The lowest BCUT2D eigenvalue weighted by atomic mass is 9.96. The second kappa shape index (κ2) is 6.32. The van der Waals surface area contributed by atoms with E-state index < -0.39 is 0 Å². The second-order valence-electron chi connectivity index (χ2n) is 6.16. The summed E-state index contributed by atoms with van der Waals surface area (Å²) >= 11 is 0. The number of benzene rings is 1. The molecule has 0 amide bonds. The van der Waals surface area contributed by atoms with Crippen molar-refractivity contribution in [3.8, 4) is 11.1 Å². The highest BCUT2D eigenvalue weighted by molar-refractivity contribution is 5.94. The molecule has 2 aromatic heterocycles. The molecule has 3 aromatic rings. The Balaban J connectivity index is 2.20. The number of nitrogens with zero attached hydrogens (tertiary/aromatic N) is 2. The van der Waals surface area contributed by atoms with Crippen LogP contribution in [0.1, 0.15) is 26.0 Å². The number of hydrogen-bond acceptors (Lipinski definition) is 3. The van der Waals surface area contributed by atoms with Crippen molar-refractivity contribution in [2.45, 2.75) is 26.7 Å². The minimum absolute atomic E-state index is 0.284. The summed E-state index contributed by atoms with van der Waals surface area (Å²) in [5.41, 5.74) is 8.62. The molecule has 2 heterocycles. The van der Waals surface area contributed by atoms with Crippen LogP contribution in [0.4, 0.5) is 10.2 Å². The number of aromatic nitrogens is 2. The van der Waals surface area contributed by atoms with Crippen LogP contribution in [0.5, 0.6) is 0 Å². The van der Waals surface area contributed by atoms with E-state index in [1.165, 1.54) is 6.07 Å². The van der Waals surface area contributed by atoms with E-state index in [-0.39, 0.29) is 5.82 Å². The van der Waals surface area contributed by atoms with Crippen LogP contribution >= 0.6 is 0 Å². The number of aryl methyl sites for hydroxylation is 1. The molecule has 0 fully saturated rings. The van der Waals surface area contributed by atoms with Crippen LogP contribution in [-0.4, -0.2) is 9.97 Å². The summed E-state index contributed by atoms with van der Waals surface area (Å²) in [6.45, 7) is 4.32. The third kappa shape index (κ3) is 3.16. The molecule has 0 bridgehead atoms.